The highest BCUT2D eigenvalue weighted by molar-refractivity contribution is 7.89. The van der Waals surface area contributed by atoms with Gasteiger partial charge < -0.3 is 10.5 Å². The maximum atomic E-state index is 12.9. The summed E-state index contributed by atoms with van der Waals surface area (Å²) in [6, 6.07) is 4.44. The fourth-order valence-corrected chi connectivity index (χ4v) is 4.45. The second-order valence-electron chi connectivity index (χ2n) is 5.37. The topological polar surface area (TPSA) is 72.6 Å². The van der Waals surface area contributed by atoms with Crippen molar-refractivity contribution in [2.45, 2.75) is 30.7 Å². The molecule has 0 spiro atoms. The van der Waals surface area contributed by atoms with Gasteiger partial charge in [0.15, 0.2) is 0 Å². The molecule has 1 aliphatic carbocycles. The van der Waals surface area contributed by atoms with Crippen LogP contribution in [0.3, 0.4) is 0 Å². The molecule has 1 fully saturated rings. The number of sulfonamides is 1. The first-order chi connectivity index (χ1) is 9.87. The molecule has 0 heterocycles. The molecule has 1 atom stereocenters. The summed E-state index contributed by atoms with van der Waals surface area (Å²) in [6.07, 6.45) is 2.12. The van der Waals surface area contributed by atoms with Gasteiger partial charge in [-0.2, -0.15) is 4.31 Å². The number of methoxy groups -OCH3 is 1. The molecule has 0 aromatic heterocycles. The van der Waals surface area contributed by atoms with E-state index in [1.165, 1.54) is 16.4 Å². The van der Waals surface area contributed by atoms with E-state index in [9.17, 15) is 8.42 Å². The van der Waals surface area contributed by atoms with Crippen LogP contribution in [-0.4, -0.2) is 39.0 Å². The molecule has 2 rings (SSSR count). The third kappa shape index (κ3) is 3.69. The summed E-state index contributed by atoms with van der Waals surface area (Å²) < 4.78 is 32.4. The minimum Gasteiger partial charge on any atom is -0.398 e. The van der Waals surface area contributed by atoms with E-state index in [0.29, 0.717) is 24.1 Å². The number of anilines is 1. The molecule has 5 nitrogen and oxygen atoms in total. The van der Waals surface area contributed by atoms with Gasteiger partial charge >= 0.3 is 0 Å². The van der Waals surface area contributed by atoms with E-state index in [0.717, 1.165) is 12.8 Å². The third-order valence-electron chi connectivity index (χ3n) is 3.84. The Bertz CT molecular complexity index is 602. The normalized spacial score (nSPS) is 17.1. The van der Waals surface area contributed by atoms with Gasteiger partial charge in [-0.3, -0.25) is 0 Å². The van der Waals surface area contributed by atoms with Crippen LogP contribution in [0.5, 0.6) is 0 Å². The molecule has 1 saturated carbocycles. The monoisotopic (exact) mass is 332 g/mol. The van der Waals surface area contributed by atoms with Gasteiger partial charge in [0.05, 0.1) is 12.3 Å². The SMILES string of the molecule is COCCN(C(C)C1CC1)S(=O)(=O)c1cc(Cl)ccc1N. The van der Waals surface area contributed by atoms with Gasteiger partial charge in [0.1, 0.15) is 4.90 Å². The van der Waals surface area contributed by atoms with Crippen LogP contribution in [0.1, 0.15) is 19.8 Å². The lowest BCUT2D eigenvalue weighted by Crippen LogP contribution is -2.42. The molecule has 0 aliphatic heterocycles. The zero-order valence-corrected chi connectivity index (χ0v) is 13.8. The van der Waals surface area contributed by atoms with Gasteiger partial charge in [0, 0.05) is 24.7 Å². The molecule has 0 saturated heterocycles. The van der Waals surface area contributed by atoms with Crippen molar-refractivity contribution in [2.75, 3.05) is 26.0 Å². The van der Waals surface area contributed by atoms with E-state index in [2.05, 4.69) is 0 Å². The molecular formula is C14H21ClN2O3S. The predicted octanol–water partition coefficient (Wildman–Crippen LogP) is 2.36. The fourth-order valence-electron chi connectivity index (χ4n) is 2.40. The summed E-state index contributed by atoms with van der Waals surface area (Å²) in [7, 11) is -2.13. The quantitative estimate of drug-likeness (QED) is 0.778. The molecule has 118 valence electrons. The summed E-state index contributed by atoms with van der Waals surface area (Å²) >= 11 is 5.92. The van der Waals surface area contributed by atoms with Crippen molar-refractivity contribution >= 4 is 27.3 Å². The number of hydrogen-bond donors (Lipinski definition) is 1. The molecular weight excluding hydrogens is 312 g/mol. The van der Waals surface area contributed by atoms with Crippen LogP contribution < -0.4 is 5.73 Å². The van der Waals surface area contributed by atoms with Crippen LogP contribution in [-0.2, 0) is 14.8 Å². The third-order valence-corrected chi connectivity index (χ3v) is 6.11. The summed E-state index contributed by atoms with van der Waals surface area (Å²) in [5.41, 5.74) is 6.05. The Kier molecular flexibility index (Phi) is 5.14. The average Bonchev–Trinajstić information content (AvgIpc) is 3.25. The van der Waals surface area contributed by atoms with Gasteiger partial charge in [0.25, 0.3) is 0 Å². The Morgan fingerprint density at radius 2 is 2.14 bits per heavy atom. The first-order valence-electron chi connectivity index (χ1n) is 6.93. The largest absolute Gasteiger partial charge is 0.398 e. The first-order valence-corrected chi connectivity index (χ1v) is 8.75. The average molecular weight is 333 g/mol. The van der Waals surface area contributed by atoms with Crippen LogP contribution in [0.25, 0.3) is 0 Å². The van der Waals surface area contributed by atoms with E-state index in [1.807, 2.05) is 6.92 Å². The number of nitrogen functional groups attached to an aromatic ring is 1. The molecule has 1 aliphatic rings. The number of hydrogen-bond acceptors (Lipinski definition) is 4. The van der Waals surface area contributed by atoms with Gasteiger partial charge in [0.2, 0.25) is 10.0 Å². The number of ether oxygens (including phenoxy) is 1. The van der Waals surface area contributed by atoms with Crippen LogP contribution in [0.4, 0.5) is 5.69 Å². The summed E-state index contributed by atoms with van der Waals surface area (Å²) in [5.74, 6) is 0.414. The van der Waals surface area contributed by atoms with Crippen molar-refractivity contribution in [3.63, 3.8) is 0 Å². The second-order valence-corrected chi connectivity index (χ2v) is 7.66. The van der Waals surface area contributed by atoms with Crippen LogP contribution in [0.15, 0.2) is 23.1 Å². The van der Waals surface area contributed by atoms with E-state index < -0.39 is 10.0 Å². The zero-order chi connectivity index (χ0) is 15.6. The van der Waals surface area contributed by atoms with Crippen molar-refractivity contribution < 1.29 is 13.2 Å². The predicted molar refractivity (Wildman–Crippen MR) is 83.8 cm³/mol. The lowest BCUT2D eigenvalue weighted by Gasteiger charge is -2.28. The summed E-state index contributed by atoms with van der Waals surface area (Å²) in [4.78, 5) is 0.0682. The molecule has 1 aromatic rings. The molecule has 2 N–H and O–H groups in total. The Hall–Kier alpha value is -0.820. The lowest BCUT2D eigenvalue weighted by molar-refractivity contribution is 0.164. The molecule has 1 unspecified atom stereocenters. The standard InChI is InChI=1S/C14H21ClN2O3S/c1-10(11-3-4-11)17(7-8-20-2)21(18,19)14-9-12(15)5-6-13(14)16/h5-6,9-11H,3-4,7-8,16H2,1-2H3. The van der Waals surface area contributed by atoms with Crippen molar-refractivity contribution in [3.05, 3.63) is 23.2 Å². The maximum absolute atomic E-state index is 12.9. The number of nitrogens with two attached hydrogens (primary N) is 1. The fraction of sp³-hybridized carbons (Fsp3) is 0.571. The molecule has 7 heteroatoms. The van der Waals surface area contributed by atoms with Crippen LogP contribution in [0, 0.1) is 5.92 Å². The minimum atomic E-state index is -3.69. The summed E-state index contributed by atoms with van der Waals surface area (Å²) in [6.45, 7) is 2.59. The van der Waals surface area contributed by atoms with E-state index in [4.69, 9.17) is 22.1 Å². The minimum absolute atomic E-state index is 0.0662. The Morgan fingerprint density at radius 1 is 1.48 bits per heavy atom. The Morgan fingerprint density at radius 3 is 2.71 bits per heavy atom. The number of benzene rings is 1. The zero-order valence-electron chi connectivity index (χ0n) is 12.3. The van der Waals surface area contributed by atoms with Crippen molar-refractivity contribution in [1.29, 1.82) is 0 Å². The number of rotatable bonds is 7. The van der Waals surface area contributed by atoms with Crippen LogP contribution >= 0.6 is 11.6 Å². The Labute approximate surface area is 131 Å². The molecule has 0 bridgehead atoms. The van der Waals surface area contributed by atoms with Gasteiger partial charge in [-0.15, -0.1) is 0 Å². The highest BCUT2D eigenvalue weighted by Crippen LogP contribution is 2.38. The van der Waals surface area contributed by atoms with Gasteiger partial charge in [-0.25, -0.2) is 8.42 Å². The van der Waals surface area contributed by atoms with Crippen molar-refractivity contribution in [1.82, 2.24) is 4.31 Å². The van der Waals surface area contributed by atoms with E-state index in [-0.39, 0.29) is 16.6 Å². The second kappa shape index (κ2) is 6.52. The highest BCUT2D eigenvalue weighted by Gasteiger charge is 2.38. The van der Waals surface area contributed by atoms with Gasteiger partial charge in [-0.1, -0.05) is 11.6 Å². The Balaban J connectivity index is 2.38. The molecule has 0 amide bonds. The van der Waals surface area contributed by atoms with Gasteiger partial charge in [-0.05, 0) is 43.9 Å². The van der Waals surface area contributed by atoms with Crippen molar-refractivity contribution in [3.8, 4) is 0 Å². The molecule has 21 heavy (non-hydrogen) atoms. The smallest absolute Gasteiger partial charge is 0.245 e. The number of halogens is 1. The van der Waals surface area contributed by atoms with E-state index in [1.54, 1.807) is 13.2 Å². The highest BCUT2D eigenvalue weighted by atomic mass is 35.5. The maximum Gasteiger partial charge on any atom is 0.245 e. The van der Waals surface area contributed by atoms with Crippen LogP contribution in [0.2, 0.25) is 5.02 Å². The molecule has 0 radical (unpaired) electrons. The van der Waals surface area contributed by atoms with E-state index >= 15 is 0 Å². The number of nitrogens with zero attached hydrogens (tertiary/aromatic N) is 1. The molecule has 1 aromatic carbocycles. The first kappa shape index (κ1) is 16.5. The van der Waals surface area contributed by atoms with Crippen molar-refractivity contribution in [2.24, 2.45) is 5.92 Å². The lowest BCUT2D eigenvalue weighted by atomic mass is 10.2. The summed E-state index contributed by atoms with van der Waals surface area (Å²) in [5, 5.41) is 0.355.